The van der Waals surface area contributed by atoms with Gasteiger partial charge in [-0.2, -0.15) is 0 Å². The first kappa shape index (κ1) is 15.9. The summed E-state index contributed by atoms with van der Waals surface area (Å²) >= 11 is 3.34. The Morgan fingerprint density at radius 1 is 1.42 bits per heavy atom. The van der Waals surface area contributed by atoms with Crippen molar-refractivity contribution in [3.05, 3.63) is 57.2 Å². The second-order valence-electron chi connectivity index (χ2n) is 4.87. The molecule has 122 valence electrons. The molecule has 0 fully saturated rings. The second kappa shape index (κ2) is 6.28. The third-order valence-corrected chi connectivity index (χ3v) is 3.75. The van der Waals surface area contributed by atoms with Gasteiger partial charge in [-0.3, -0.25) is 14.2 Å². The van der Waals surface area contributed by atoms with Gasteiger partial charge in [-0.15, -0.1) is 0 Å². The average Bonchev–Trinajstić information content (AvgIpc) is 3.05. The maximum absolute atomic E-state index is 12.3. The van der Waals surface area contributed by atoms with Crippen LogP contribution in [0.2, 0.25) is 0 Å². The van der Waals surface area contributed by atoms with Crippen molar-refractivity contribution >= 4 is 27.5 Å². The molecule has 2 N–H and O–H groups in total. The summed E-state index contributed by atoms with van der Waals surface area (Å²) in [5.74, 6) is -1.23. The Kier molecular flexibility index (Phi) is 4.17. The van der Waals surface area contributed by atoms with Crippen molar-refractivity contribution < 1.29 is 14.4 Å². The number of amides is 1. The van der Waals surface area contributed by atoms with E-state index in [-0.39, 0.29) is 17.2 Å². The maximum Gasteiger partial charge on any atom is 0.296 e. The quantitative estimate of drug-likeness (QED) is 0.708. The van der Waals surface area contributed by atoms with Crippen LogP contribution in [0.15, 0.2) is 50.5 Å². The van der Waals surface area contributed by atoms with Gasteiger partial charge in [0.1, 0.15) is 17.8 Å². The van der Waals surface area contributed by atoms with Crippen LogP contribution in [0.25, 0.3) is 11.4 Å². The van der Waals surface area contributed by atoms with Crippen LogP contribution >= 0.6 is 15.9 Å². The number of benzene rings is 1. The summed E-state index contributed by atoms with van der Waals surface area (Å²) < 4.78 is 6.58. The maximum atomic E-state index is 12.3. The number of rotatable bonds is 3. The number of aromatic nitrogens is 3. The molecule has 1 aromatic carbocycles. The smallest absolute Gasteiger partial charge is 0.296 e. The lowest BCUT2D eigenvalue weighted by atomic mass is 10.2. The molecule has 0 unspecified atom stereocenters. The summed E-state index contributed by atoms with van der Waals surface area (Å²) in [6, 6.07) is 7.09. The molecular formula is C15H11BrN4O4. The molecule has 1 amide bonds. The van der Waals surface area contributed by atoms with Crippen LogP contribution in [-0.4, -0.2) is 25.7 Å². The topological polar surface area (TPSA) is 110 Å². The summed E-state index contributed by atoms with van der Waals surface area (Å²) in [5.41, 5.74) is -0.210. The highest BCUT2D eigenvalue weighted by Gasteiger charge is 2.21. The minimum atomic E-state index is -0.746. The van der Waals surface area contributed by atoms with E-state index in [1.54, 1.807) is 18.2 Å². The van der Waals surface area contributed by atoms with Crippen LogP contribution in [0.1, 0.15) is 10.5 Å². The van der Waals surface area contributed by atoms with Crippen molar-refractivity contribution in [2.75, 3.05) is 5.32 Å². The number of nitrogens with one attached hydrogen (secondary N) is 1. The van der Waals surface area contributed by atoms with Gasteiger partial charge in [0.05, 0.1) is 6.20 Å². The normalized spacial score (nSPS) is 10.6. The van der Waals surface area contributed by atoms with Crippen LogP contribution in [0.5, 0.6) is 5.75 Å². The fourth-order valence-electron chi connectivity index (χ4n) is 2.09. The van der Waals surface area contributed by atoms with Crippen molar-refractivity contribution in [2.24, 2.45) is 7.05 Å². The van der Waals surface area contributed by atoms with Crippen LogP contribution < -0.4 is 10.9 Å². The van der Waals surface area contributed by atoms with Gasteiger partial charge >= 0.3 is 0 Å². The number of nitrogens with zero attached hydrogens (tertiary/aromatic N) is 3. The summed E-state index contributed by atoms with van der Waals surface area (Å²) in [6.07, 6.45) is 2.50. The Balaban J connectivity index is 2.10. The van der Waals surface area contributed by atoms with E-state index in [1.165, 1.54) is 24.1 Å². The SMILES string of the molecule is Cn1c(-c2cccc(Br)c2)nc(C(=O)Nc2cnoc2)c(O)c1=O. The Bertz CT molecular complexity index is 966. The molecule has 0 spiro atoms. The van der Waals surface area contributed by atoms with Gasteiger partial charge in [-0.1, -0.05) is 33.2 Å². The Morgan fingerprint density at radius 2 is 2.21 bits per heavy atom. The van der Waals surface area contributed by atoms with Crippen LogP contribution in [-0.2, 0) is 7.05 Å². The lowest BCUT2D eigenvalue weighted by Crippen LogP contribution is -2.25. The molecule has 0 saturated carbocycles. The third-order valence-electron chi connectivity index (χ3n) is 3.26. The van der Waals surface area contributed by atoms with E-state index in [2.05, 4.69) is 35.9 Å². The molecule has 2 heterocycles. The highest BCUT2D eigenvalue weighted by molar-refractivity contribution is 9.10. The number of carbonyl (C=O) groups is 1. The second-order valence-corrected chi connectivity index (χ2v) is 5.79. The predicted octanol–water partition coefficient (Wildman–Crippen LogP) is 2.16. The number of hydrogen-bond acceptors (Lipinski definition) is 6. The van der Waals surface area contributed by atoms with Crippen LogP contribution in [0.3, 0.4) is 0 Å². The lowest BCUT2D eigenvalue weighted by Gasteiger charge is -2.11. The van der Waals surface area contributed by atoms with Gasteiger partial charge in [0.15, 0.2) is 5.69 Å². The van der Waals surface area contributed by atoms with E-state index in [0.717, 1.165) is 4.47 Å². The van der Waals surface area contributed by atoms with E-state index < -0.39 is 17.2 Å². The zero-order valence-electron chi connectivity index (χ0n) is 12.4. The van der Waals surface area contributed by atoms with Crippen molar-refractivity contribution in [3.8, 4) is 17.1 Å². The zero-order chi connectivity index (χ0) is 17.3. The van der Waals surface area contributed by atoms with Gasteiger partial charge in [-0.05, 0) is 12.1 Å². The predicted molar refractivity (Wildman–Crippen MR) is 88.7 cm³/mol. The number of carbonyl (C=O) groups excluding carboxylic acids is 1. The first-order valence-electron chi connectivity index (χ1n) is 6.74. The highest BCUT2D eigenvalue weighted by atomic mass is 79.9. The molecule has 0 saturated heterocycles. The summed E-state index contributed by atoms with van der Waals surface area (Å²) in [7, 11) is 1.47. The minimum Gasteiger partial charge on any atom is -0.501 e. The standard InChI is InChI=1S/C15H11BrN4O4/c1-20-13(8-3-2-4-9(16)5-8)19-11(12(21)15(20)23)14(22)18-10-6-17-24-7-10/h2-7,21H,1H3,(H,18,22). The molecule has 24 heavy (non-hydrogen) atoms. The van der Waals surface area contributed by atoms with Gasteiger partial charge in [0, 0.05) is 17.1 Å². The molecule has 0 aliphatic rings. The Labute approximate surface area is 143 Å². The number of hydrogen-bond donors (Lipinski definition) is 2. The van der Waals surface area contributed by atoms with Gasteiger partial charge in [0.25, 0.3) is 11.5 Å². The van der Waals surface area contributed by atoms with Crippen molar-refractivity contribution in [3.63, 3.8) is 0 Å². The molecule has 8 nitrogen and oxygen atoms in total. The van der Waals surface area contributed by atoms with Crippen LogP contribution in [0, 0.1) is 0 Å². The summed E-state index contributed by atoms with van der Waals surface area (Å²) in [5, 5.41) is 15.9. The molecule has 0 atom stereocenters. The molecule has 0 radical (unpaired) electrons. The Hall–Kier alpha value is -2.94. The number of halogens is 1. The van der Waals surface area contributed by atoms with Crippen molar-refractivity contribution in [1.29, 1.82) is 0 Å². The molecule has 2 aromatic heterocycles. The Morgan fingerprint density at radius 3 is 2.88 bits per heavy atom. The first-order chi connectivity index (χ1) is 11.5. The van der Waals surface area contributed by atoms with Gasteiger partial charge in [-0.25, -0.2) is 4.98 Å². The number of anilines is 1. The monoisotopic (exact) mass is 390 g/mol. The highest BCUT2D eigenvalue weighted by Crippen LogP contribution is 2.22. The lowest BCUT2D eigenvalue weighted by molar-refractivity contribution is 0.101. The molecule has 3 aromatic rings. The summed E-state index contributed by atoms with van der Waals surface area (Å²) in [4.78, 5) is 28.7. The van der Waals surface area contributed by atoms with Crippen molar-refractivity contribution in [2.45, 2.75) is 0 Å². The molecule has 9 heteroatoms. The van der Waals surface area contributed by atoms with E-state index in [9.17, 15) is 14.7 Å². The zero-order valence-corrected chi connectivity index (χ0v) is 13.9. The summed E-state index contributed by atoms with van der Waals surface area (Å²) in [6.45, 7) is 0. The number of aromatic hydroxyl groups is 1. The van der Waals surface area contributed by atoms with Crippen molar-refractivity contribution in [1.82, 2.24) is 14.7 Å². The van der Waals surface area contributed by atoms with Gasteiger partial charge in [0.2, 0.25) is 5.75 Å². The fourth-order valence-corrected chi connectivity index (χ4v) is 2.49. The molecule has 0 aliphatic heterocycles. The molecule has 0 bridgehead atoms. The van der Waals surface area contributed by atoms with E-state index in [4.69, 9.17) is 0 Å². The average molecular weight is 391 g/mol. The van der Waals surface area contributed by atoms with Gasteiger partial charge < -0.3 is 14.9 Å². The minimum absolute atomic E-state index is 0.245. The first-order valence-corrected chi connectivity index (χ1v) is 7.53. The largest absolute Gasteiger partial charge is 0.501 e. The third kappa shape index (κ3) is 2.93. The fraction of sp³-hybridized carbons (Fsp3) is 0.0667. The van der Waals surface area contributed by atoms with E-state index in [0.29, 0.717) is 5.56 Å². The van der Waals surface area contributed by atoms with Crippen LogP contribution in [0.4, 0.5) is 5.69 Å². The van der Waals surface area contributed by atoms with E-state index in [1.807, 2.05) is 6.07 Å². The molecule has 0 aliphatic carbocycles. The van der Waals surface area contributed by atoms with E-state index >= 15 is 0 Å². The molecular weight excluding hydrogens is 380 g/mol. The molecule has 3 rings (SSSR count).